The maximum Gasteiger partial charge on any atom is 0.243 e. The molecule has 0 radical (unpaired) electrons. The van der Waals surface area contributed by atoms with Gasteiger partial charge in [-0.25, -0.2) is 9.37 Å². The first-order valence-electron chi connectivity index (χ1n) is 12.9. The topological polar surface area (TPSA) is 76.1 Å². The third-order valence-electron chi connectivity index (χ3n) is 7.34. The second-order valence-corrected chi connectivity index (χ2v) is 10.1. The number of benzene rings is 2. The van der Waals surface area contributed by atoms with E-state index in [1.54, 1.807) is 6.07 Å². The quantitative estimate of drug-likeness (QED) is 0.266. The molecule has 1 saturated heterocycles. The SMILES string of the molecule is Cc1cc(F)ccc1-c1nc(NCCCN2CCCC2)nc2c1CNC[N+]2([O-])c1c(C)cccc1C. The highest BCUT2D eigenvalue weighted by Crippen LogP contribution is 2.43. The van der Waals surface area contributed by atoms with Crippen molar-refractivity contribution in [3.63, 3.8) is 0 Å². The average molecular weight is 491 g/mol. The fraction of sp³-hybridized carbons (Fsp3) is 0.429. The zero-order valence-electron chi connectivity index (χ0n) is 21.4. The lowest BCUT2D eigenvalue weighted by atomic mass is 9.99. The zero-order chi connectivity index (χ0) is 25.3. The van der Waals surface area contributed by atoms with Crippen LogP contribution in [0.15, 0.2) is 36.4 Å². The van der Waals surface area contributed by atoms with Gasteiger partial charge in [-0.05, 0) is 83.4 Å². The van der Waals surface area contributed by atoms with Gasteiger partial charge < -0.3 is 15.4 Å². The number of hydrogen-bond acceptors (Lipinski definition) is 6. The molecule has 3 aromatic rings. The van der Waals surface area contributed by atoms with E-state index in [-0.39, 0.29) is 12.5 Å². The van der Waals surface area contributed by atoms with E-state index >= 15 is 0 Å². The normalized spacial score (nSPS) is 19.9. The van der Waals surface area contributed by atoms with Crippen molar-refractivity contribution in [2.45, 2.75) is 46.6 Å². The molecule has 0 saturated carbocycles. The first-order chi connectivity index (χ1) is 17.4. The van der Waals surface area contributed by atoms with Crippen LogP contribution in [0.4, 0.5) is 21.8 Å². The number of likely N-dealkylation sites (tertiary alicyclic amines) is 1. The van der Waals surface area contributed by atoms with E-state index in [9.17, 15) is 9.60 Å². The molecule has 0 spiro atoms. The number of quaternary nitrogens is 1. The zero-order valence-corrected chi connectivity index (χ0v) is 21.4. The Morgan fingerprint density at radius 1 is 1.06 bits per heavy atom. The number of para-hydroxylation sites is 1. The molecule has 2 aromatic carbocycles. The maximum absolute atomic E-state index is 14.7. The Hall–Kier alpha value is -2.91. The summed E-state index contributed by atoms with van der Waals surface area (Å²) in [5.41, 5.74) is 5.58. The summed E-state index contributed by atoms with van der Waals surface area (Å²) in [7, 11) is 0. The molecule has 1 fully saturated rings. The van der Waals surface area contributed by atoms with Crippen LogP contribution in [0, 0.1) is 31.8 Å². The molecule has 0 aliphatic carbocycles. The molecule has 0 bridgehead atoms. The van der Waals surface area contributed by atoms with E-state index in [2.05, 4.69) is 15.5 Å². The third kappa shape index (κ3) is 4.74. The molecule has 0 amide bonds. The minimum atomic E-state index is -0.702. The van der Waals surface area contributed by atoms with Crippen LogP contribution in [0.5, 0.6) is 0 Å². The van der Waals surface area contributed by atoms with Gasteiger partial charge in [-0.2, -0.15) is 4.98 Å². The van der Waals surface area contributed by atoms with Gasteiger partial charge in [0.1, 0.15) is 18.2 Å². The molecule has 1 atom stereocenters. The lowest BCUT2D eigenvalue weighted by Gasteiger charge is -2.45. The summed E-state index contributed by atoms with van der Waals surface area (Å²) < 4.78 is 13.2. The lowest BCUT2D eigenvalue weighted by molar-refractivity contribution is 0.337. The Kier molecular flexibility index (Phi) is 7.03. The van der Waals surface area contributed by atoms with Gasteiger partial charge in [-0.15, -0.1) is 0 Å². The predicted molar refractivity (Wildman–Crippen MR) is 143 cm³/mol. The van der Waals surface area contributed by atoms with E-state index < -0.39 is 4.65 Å². The standard InChI is InChI=1S/C28H35FN6O/c1-19-8-6-9-20(2)26(19)35(36)18-30-17-24-25(23-11-10-22(29)16-21(23)3)32-28(33-27(24)35)31-12-7-15-34-13-4-5-14-34/h6,8-11,16,30H,4-5,7,12-15,17-18H2,1-3H3,(H,31,32,33). The summed E-state index contributed by atoms with van der Waals surface area (Å²) in [5, 5.41) is 21.4. The highest BCUT2D eigenvalue weighted by Gasteiger charge is 2.37. The molecule has 2 aliphatic rings. The number of aryl methyl sites for hydroxylation is 3. The van der Waals surface area contributed by atoms with E-state index in [0.29, 0.717) is 29.7 Å². The minimum absolute atomic E-state index is 0.186. The highest BCUT2D eigenvalue weighted by atomic mass is 19.1. The van der Waals surface area contributed by atoms with Gasteiger partial charge >= 0.3 is 0 Å². The number of anilines is 1. The number of hydroxylamine groups is 1. The van der Waals surface area contributed by atoms with Crippen molar-refractivity contribution in [2.75, 3.05) is 38.2 Å². The molecule has 2 aliphatic heterocycles. The Bertz CT molecular complexity index is 1240. The van der Waals surface area contributed by atoms with Gasteiger partial charge in [-0.1, -0.05) is 18.2 Å². The molecular formula is C28H35FN6O. The van der Waals surface area contributed by atoms with Crippen LogP contribution >= 0.6 is 0 Å². The van der Waals surface area contributed by atoms with Crippen molar-refractivity contribution in [3.05, 3.63) is 69.7 Å². The fourth-order valence-corrected chi connectivity index (χ4v) is 5.61. The number of halogens is 1. The van der Waals surface area contributed by atoms with Crippen molar-refractivity contribution in [3.8, 4) is 11.3 Å². The Morgan fingerprint density at radius 2 is 1.81 bits per heavy atom. The summed E-state index contributed by atoms with van der Waals surface area (Å²) in [5.74, 6) is 0.601. The molecular weight excluding hydrogens is 455 g/mol. The van der Waals surface area contributed by atoms with Gasteiger partial charge in [0.15, 0.2) is 0 Å². The molecule has 5 rings (SSSR count). The van der Waals surface area contributed by atoms with Crippen molar-refractivity contribution >= 4 is 17.5 Å². The predicted octanol–water partition coefficient (Wildman–Crippen LogP) is 5.30. The third-order valence-corrected chi connectivity index (χ3v) is 7.34. The molecule has 1 unspecified atom stereocenters. The number of nitrogens with one attached hydrogen (secondary N) is 2. The van der Waals surface area contributed by atoms with Crippen LogP contribution in [0.25, 0.3) is 11.3 Å². The first-order valence-corrected chi connectivity index (χ1v) is 12.9. The van der Waals surface area contributed by atoms with E-state index in [1.165, 1.54) is 38.1 Å². The molecule has 3 heterocycles. The molecule has 36 heavy (non-hydrogen) atoms. The molecule has 7 nitrogen and oxygen atoms in total. The Balaban J connectivity index is 1.57. The Labute approximate surface area is 212 Å². The average Bonchev–Trinajstić information content (AvgIpc) is 3.36. The van der Waals surface area contributed by atoms with Crippen LogP contribution in [-0.2, 0) is 6.54 Å². The van der Waals surface area contributed by atoms with Gasteiger partial charge in [0, 0.05) is 29.8 Å². The van der Waals surface area contributed by atoms with Gasteiger partial charge in [0.25, 0.3) is 0 Å². The number of nitrogens with zero attached hydrogens (tertiary/aromatic N) is 4. The van der Waals surface area contributed by atoms with Gasteiger partial charge in [0.05, 0.1) is 11.3 Å². The van der Waals surface area contributed by atoms with Gasteiger partial charge in [-0.3, -0.25) is 9.96 Å². The van der Waals surface area contributed by atoms with Crippen LogP contribution in [0.1, 0.15) is 41.5 Å². The van der Waals surface area contributed by atoms with Crippen LogP contribution in [0.2, 0.25) is 0 Å². The van der Waals surface area contributed by atoms with Gasteiger partial charge in [0.2, 0.25) is 11.8 Å². The minimum Gasteiger partial charge on any atom is -0.620 e. The summed E-state index contributed by atoms with van der Waals surface area (Å²) in [6, 6.07) is 10.6. The monoisotopic (exact) mass is 490 g/mol. The number of rotatable bonds is 7. The lowest BCUT2D eigenvalue weighted by Crippen LogP contribution is -2.50. The van der Waals surface area contributed by atoms with Crippen molar-refractivity contribution in [1.29, 1.82) is 0 Å². The van der Waals surface area contributed by atoms with Crippen LogP contribution < -0.4 is 15.3 Å². The van der Waals surface area contributed by atoms with Crippen molar-refractivity contribution < 1.29 is 4.39 Å². The summed E-state index contributed by atoms with van der Waals surface area (Å²) in [4.78, 5) is 12.2. The number of hydrogen-bond donors (Lipinski definition) is 2. The molecule has 2 N–H and O–H groups in total. The summed E-state index contributed by atoms with van der Waals surface area (Å²) >= 11 is 0. The molecule has 190 valence electrons. The second kappa shape index (κ2) is 10.2. The maximum atomic E-state index is 14.7. The highest BCUT2D eigenvalue weighted by molar-refractivity contribution is 5.76. The largest absolute Gasteiger partial charge is 0.620 e. The fourth-order valence-electron chi connectivity index (χ4n) is 5.61. The number of aromatic nitrogens is 2. The van der Waals surface area contributed by atoms with Crippen molar-refractivity contribution in [2.24, 2.45) is 0 Å². The summed E-state index contributed by atoms with van der Waals surface area (Å²) in [6.07, 6.45) is 3.52. The molecule has 1 aromatic heterocycles. The van der Waals surface area contributed by atoms with Crippen LogP contribution in [-0.4, -0.2) is 47.7 Å². The van der Waals surface area contributed by atoms with Crippen molar-refractivity contribution in [1.82, 2.24) is 24.8 Å². The van der Waals surface area contributed by atoms with E-state index in [4.69, 9.17) is 9.97 Å². The van der Waals surface area contributed by atoms with Crippen LogP contribution in [0.3, 0.4) is 0 Å². The first kappa shape index (κ1) is 24.8. The van der Waals surface area contributed by atoms with E-state index in [0.717, 1.165) is 47.3 Å². The Morgan fingerprint density at radius 3 is 2.53 bits per heavy atom. The smallest absolute Gasteiger partial charge is 0.243 e. The molecule has 8 heteroatoms. The second-order valence-electron chi connectivity index (χ2n) is 10.1. The summed E-state index contributed by atoms with van der Waals surface area (Å²) in [6.45, 7) is 10.6. The van der Waals surface area contributed by atoms with E-state index in [1.807, 2.05) is 39.0 Å². The number of fused-ring (bicyclic) bond motifs is 1.